The number of para-hydroxylation sites is 1. The van der Waals surface area contributed by atoms with Crippen LogP contribution < -0.4 is 5.32 Å². The summed E-state index contributed by atoms with van der Waals surface area (Å²) in [5.41, 5.74) is 1.92. The van der Waals surface area contributed by atoms with Crippen LogP contribution in [0.15, 0.2) is 30.5 Å². The number of nitrogens with one attached hydrogen (secondary N) is 2. The van der Waals surface area contributed by atoms with Crippen molar-refractivity contribution in [2.24, 2.45) is 0 Å². The van der Waals surface area contributed by atoms with Gasteiger partial charge in [0.1, 0.15) is 11.9 Å². The molecule has 0 aliphatic rings. The first-order valence-electron chi connectivity index (χ1n) is 6.14. The molecule has 2 rings (SSSR count). The number of halogens is 1. The van der Waals surface area contributed by atoms with Crippen LogP contribution in [0.2, 0.25) is 0 Å². The van der Waals surface area contributed by atoms with E-state index in [2.05, 4.69) is 10.3 Å². The minimum Gasteiger partial charge on any atom is -0.467 e. The van der Waals surface area contributed by atoms with E-state index >= 15 is 0 Å². The molecule has 0 spiro atoms. The average molecular weight is 295 g/mol. The molecule has 1 atom stereocenters. The van der Waals surface area contributed by atoms with E-state index in [-0.39, 0.29) is 5.88 Å². The Morgan fingerprint density at radius 1 is 1.40 bits per heavy atom. The van der Waals surface area contributed by atoms with Crippen LogP contribution in [0.1, 0.15) is 5.56 Å². The highest BCUT2D eigenvalue weighted by molar-refractivity contribution is 6.27. The highest BCUT2D eigenvalue weighted by Crippen LogP contribution is 2.19. The Hall–Kier alpha value is -2.01. The number of amides is 1. The molecular weight excluding hydrogens is 280 g/mol. The summed E-state index contributed by atoms with van der Waals surface area (Å²) in [7, 11) is 1.29. The molecule has 0 radical (unpaired) electrons. The number of hydrogen-bond donors (Lipinski definition) is 2. The van der Waals surface area contributed by atoms with Gasteiger partial charge < -0.3 is 15.0 Å². The van der Waals surface area contributed by atoms with Crippen LogP contribution in [0.25, 0.3) is 10.9 Å². The second kappa shape index (κ2) is 6.43. The Morgan fingerprint density at radius 3 is 2.85 bits per heavy atom. The molecule has 5 nitrogen and oxygen atoms in total. The van der Waals surface area contributed by atoms with Crippen LogP contribution in [0.5, 0.6) is 0 Å². The van der Waals surface area contributed by atoms with E-state index in [9.17, 15) is 9.59 Å². The molecule has 20 heavy (non-hydrogen) atoms. The average Bonchev–Trinajstić information content (AvgIpc) is 2.89. The van der Waals surface area contributed by atoms with Gasteiger partial charge in [-0.2, -0.15) is 0 Å². The molecule has 0 saturated heterocycles. The number of rotatable bonds is 5. The molecule has 1 aromatic heterocycles. The number of aromatic amines is 1. The molecule has 106 valence electrons. The molecule has 0 aliphatic carbocycles. The maximum Gasteiger partial charge on any atom is 0.328 e. The van der Waals surface area contributed by atoms with E-state index in [0.29, 0.717) is 6.42 Å². The Morgan fingerprint density at radius 2 is 2.15 bits per heavy atom. The standard InChI is InChI=1S/C14H15ClN2O3/c1-20-14(19)12(17-13(18)7-15)6-9-8-16-11-5-3-2-4-10(9)11/h2-5,8,12,16H,6-7H2,1H3,(H,17,18)/t12-/m1/s1. The lowest BCUT2D eigenvalue weighted by Gasteiger charge is -2.15. The third kappa shape index (κ3) is 3.11. The van der Waals surface area contributed by atoms with Crippen molar-refractivity contribution >= 4 is 34.4 Å². The predicted molar refractivity (Wildman–Crippen MR) is 76.7 cm³/mol. The summed E-state index contributed by atoms with van der Waals surface area (Å²) in [6.07, 6.45) is 2.17. The van der Waals surface area contributed by atoms with Crippen molar-refractivity contribution < 1.29 is 14.3 Å². The van der Waals surface area contributed by atoms with Crippen molar-refractivity contribution in [1.82, 2.24) is 10.3 Å². The molecule has 0 fully saturated rings. The first kappa shape index (κ1) is 14.4. The number of fused-ring (bicyclic) bond motifs is 1. The van der Waals surface area contributed by atoms with Crippen molar-refractivity contribution in [3.63, 3.8) is 0 Å². The van der Waals surface area contributed by atoms with Gasteiger partial charge in [-0.05, 0) is 11.6 Å². The molecule has 2 N–H and O–H groups in total. The third-order valence-electron chi connectivity index (χ3n) is 3.04. The lowest BCUT2D eigenvalue weighted by atomic mass is 10.0. The van der Waals surface area contributed by atoms with Gasteiger partial charge in [-0.15, -0.1) is 11.6 Å². The Balaban J connectivity index is 2.22. The molecule has 1 heterocycles. The van der Waals surface area contributed by atoms with Gasteiger partial charge in [0.15, 0.2) is 0 Å². The van der Waals surface area contributed by atoms with Crippen molar-refractivity contribution in [3.05, 3.63) is 36.0 Å². The third-order valence-corrected chi connectivity index (χ3v) is 3.28. The lowest BCUT2D eigenvalue weighted by Crippen LogP contribution is -2.43. The zero-order chi connectivity index (χ0) is 14.5. The fraction of sp³-hybridized carbons (Fsp3) is 0.286. The summed E-state index contributed by atoms with van der Waals surface area (Å²) in [6.45, 7) is 0. The maximum absolute atomic E-state index is 11.7. The summed E-state index contributed by atoms with van der Waals surface area (Å²) in [5.74, 6) is -1.09. The minimum absolute atomic E-state index is 0.193. The first-order chi connectivity index (χ1) is 9.65. The zero-order valence-corrected chi connectivity index (χ0v) is 11.7. The number of aromatic nitrogens is 1. The summed E-state index contributed by atoms with van der Waals surface area (Å²) >= 11 is 5.45. The maximum atomic E-state index is 11.7. The first-order valence-corrected chi connectivity index (χ1v) is 6.67. The second-order valence-corrected chi connectivity index (χ2v) is 4.61. The Kier molecular flexibility index (Phi) is 4.63. The predicted octanol–water partition coefficient (Wildman–Crippen LogP) is 1.61. The van der Waals surface area contributed by atoms with Gasteiger partial charge in [0, 0.05) is 23.5 Å². The summed E-state index contributed by atoms with van der Waals surface area (Å²) in [6, 6.07) is 7.01. The normalized spacial score (nSPS) is 12.1. The van der Waals surface area contributed by atoms with Crippen molar-refractivity contribution in [2.75, 3.05) is 13.0 Å². The van der Waals surface area contributed by atoms with Gasteiger partial charge in [0.05, 0.1) is 7.11 Å². The van der Waals surface area contributed by atoms with E-state index in [1.165, 1.54) is 7.11 Å². The van der Waals surface area contributed by atoms with Crippen LogP contribution in [0.3, 0.4) is 0 Å². The summed E-state index contributed by atoms with van der Waals surface area (Å²) < 4.78 is 4.71. The van der Waals surface area contributed by atoms with Crippen LogP contribution >= 0.6 is 11.6 Å². The molecule has 1 amide bonds. The van der Waals surface area contributed by atoms with Crippen LogP contribution in [-0.2, 0) is 20.7 Å². The fourth-order valence-electron chi connectivity index (χ4n) is 2.09. The molecular formula is C14H15ClN2O3. The van der Waals surface area contributed by atoms with Crippen LogP contribution in [0.4, 0.5) is 0 Å². The van der Waals surface area contributed by atoms with Gasteiger partial charge in [0.25, 0.3) is 0 Å². The molecule has 0 bridgehead atoms. The van der Waals surface area contributed by atoms with E-state index in [0.717, 1.165) is 16.5 Å². The molecule has 1 aromatic carbocycles. The molecule has 2 aromatic rings. The Bertz CT molecular complexity index is 624. The number of benzene rings is 1. The minimum atomic E-state index is -0.745. The topological polar surface area (TPSA) is 71.2 Å². The van der Waals surface area contributed by atoms with Gasteiger partial charge >= 0.3 is 5.97 Å². The number of carbonyl (C=O) groups excluding carboxylic acids is 2. The van der Waals surface area contributed by atoms with Gasteiger partial charge in [-0.3, -0.25) is 4.79 Å². The largest absolute Gasteiger partial charge is 0.467 e. The highest BCUT2D eigenvalue weighted by Gasteiger charge is 2.22. The number of H-pyrrole nitrogens is 1. The van der Waals surface area contributed by atoms with Gasteiger partial charge in [-0.1, -0.05) is 18.2 Å². The molecule has 0 saturated carbocycles. The Labute approximate surface area is 121 Å². The number of hydrogen-bond acceptors (Lipinski definition) is 3. The van der Waals surface area contributed by atoms with Crippen molar-refractivity contribution in [3.8, 4) is 0 Å². The zero-order valence-electron chi connectivity index (χ0n) is 11.0. The van der Waals surface area contributed by atoms with E-state index in [1.807, 2.05) is 30.5 Å². The van der Waals surface area contributed by atoms with Crippen molar-refractivity contribution in [1.29, 1.82) is 0 Å². The summed E-state index contributed by atoms with van der Waals surface area (Å²) in [5, 5.41) is 3.58. The van der Waals surface area contributed by atoms with E-state index < -0.39 is 17.9 Å². The molecule has 0 unspecified atom stereocenters. The number of alkyl halides is 1. The van der Waals surface area contributed by atoms with Crippen LogP contribution in [-0.4, -0.2) is 35.9 Å². The fourth-order valence-corrected chi connectivity index (χ4v) is 2.17. The van der Waals surface area contributed by atoms with Gasteiger partial charge in [0.2, 0.25) is 5.91 Å². The quantitative estimate of drug-likeness (QED) is 0.650. The van der Waals surface area contributed by atoms with Crippen LogP contribution in [0, 0.1) is 0 Å². The number of carbonyl (C=O) groups is 2. The number of ether oxygens (including phenoxy) is 1. The second-order valence-electron chi connectivity index (χ2n) is 4.34. The van der Waals surface area contributed by atoms with E-state index in [1.54, 1.807) is 0 Å². The monoisotopic (exact) mass is 294 g/mol. The number of methoxy groups -OCH3 is 1. The molecule has 0 aliphatic heterocycles. The lowest BCUT2D eigenvalue weighted by molar-refractivity contribution is -0.144. The van der Waals surface area contributed by atoms with Crippen molar-refractivity contribution in [2.45, 2.75) is 12.5 Å². The summed E-state index contributed by atoms with van der Waals surface area (Å²) in [4.78, 5) is 26.2. The number of esters is 1. The smallest absolute Gasteiger partial charge is 0.328 e. The SMILES string of the molecule is COC(=O)[C@@H](Cc1c[nH]c2ccccc12)NC(=O)CCl. The molecule has 6 heteroatoms. The van der Waals surface area contributed by atoms with E-state index in [4.69, 9.17) is 16.3 Å². The highest BCUT2D eigenvalue weighted by atomic mass is 35.5. The van der Waals surface area contributed by atoms with Gasteiger partial charge in [-0.25, -0.2) is 4.79 Å².